The molecule has 2 unspecified atom stereocenters. The SMILES string of the molecule is CCNC(=NCC1CCOC1c1ccccc1)N(C)Cc1ccc(OCC)cc1.I. The van der Waals surface area contributed by atoms with Crippen molar-refractivity contribution in [1.82, 2.24) is 10.2 Å². The van der Waals surface area contributed by atoms with E-state index in [1.165, 1.54) is 11.1 Å². The number of benzene rings is 2. The molecule has 1 fully saturated rings. The second kappa shape index (κ2) is 12.8. The summed E-state index contributed by atoms with van der Waals surface area (Å²) in [5, 5.41) is 3.42. The molecule has 3 rings (SSSR count). The molecule has 1 aliphatic heterocycles. The number of nitrogens with one attached hydrogen (secondary N) is 1. The van der Waals surface area contributed by atoms with E-state index in [0.29, 0.717) is 12.5 Å². The Morgan fingerprint density at radius 2 is 1.87 bits per heavy atom. The molecule has 0 saturated carbocycles. The van der Waals surface area contributed by atoms with E-state index in [2.05, 4.69) is 60.6 Å². The van der Waals surface area contributed by atoms with Crippen LogP contribution in [0.3, 0.4) is 0 Å². The van der Waals surface area contributed by atoms with Gasteiger partial charge in [0.1, 0.15) is 5.75 Å². The van der Waals surface area contributed by atoms with Gasteiger partial charge in [0, 0.05) is 39.2 Å². The van der Waals surface area contributed by atoms with Crippen LogP contribution in [0, 0.1) is 5.92 Å². The van der Waals surface area contributed by atoms with E-state index in [-0.39, 0.29) is 30.1 Å². The normalized spacial score (nSPS) is 18.6. The number of rotatable bonds is 8. The standard InChI is InChI=1S/C24H33N3O2.HI/c1-4-25-24(27(3)18-19-11-13-22(14-12-19)28-5-2)26-17-21-15-16-29-23(21)20-9-7-6-8-10-20;/h6-14,21,23H,4-5,15-18H2,1-3H3,(H,25,26);1H. The fourth-order valence-electron chi connectivity index (χ4n) is 3.71. The van der Waals surface area contributed by atoms with Gasteiger partial charge in [-0.1, -0.05) is 42.5 Å². The molecule has 2 aromatic rings. The van der Waals surface area contributed by atoms with Crippen LogP contribution in [0.5, 0.6) is 5.75 Å². The Hall–Kier alpha value is -1.80. The summed E-state index contributed by atoms with van der Waals surface area (Å²) in [7, 11) is 2.08. The number of guanidine groups is 1. The fourth-order valence-corrected chi connectivity index (χ4v) is 3.71. The number of hydrogen-bond donors (Lipinski definition) is 1. The highest BCUT2D eigenvalue weighted by molar-refractivity contribution is 14.0. The minimum absolute atomic E-state index is 0. The first-order chi connectivity index (χ1) is 14.2. The smallest absolute Gasteiger partial charge is 0.193 e. The first-order valence-corrected chi connectivity index (χ1v) is 10.6. The minimum Gasteiger partial charge on any atom is -0.494 e. The number of aliphatic imine (C=N–C) groups is 1. The van der Waals surface area contributed by atoms with Gasteiger partial charge in [-0.15, -0.1) is 24.0 Å². The second-order valence-corrected chi connectivity index (χ2v) is 7.38. The maximum absolute atomic E-state index is 6.02. The maximum Gasteiger partial charge on any atom is 0.193 e. The summed E-state index contributed by atoms with van der Waals surface area (Å²) in [6, 6.07) is 18.8. The van der Waals surface area contributed by atoms with Crippen molar-refractivity contribution >= 4 is 29.9 Å². The molecule has 2 aromatic carbocycles. The molecule has 0 aliphatic carbocycles. The van der Waals surface area contributed by atoms with E-state index in [4.69, 9.17) is 14.5 Å². The molecule has 5 nitrogen and oxygen atoms in total. The van der Waals surface area contributed by atoms with E-state index in [1.54, 1.807) is 0 Å². The largest absolute Gasteiger partial charge is 0.494 e. The summed E-state index contributed by atoms with van der Waals surface area (Å²) < 4.78 is 11.5. The lowest BCUT2D eigenvalue weighted by Gasteiger charge is -2.24. The van der Waals surface area contributed by atoms with Crippen LogP contribution >= 0.6 is 24.0 Å². The summed E-state index contributed by atoms with van der Waals surface area (Å²) in [6.45, 7) is 7.99. The fraction of sp³-hybridized carbons (Fsp3) is 0.458. The van der Waals surface area contributed by atoms with Crippen LogP contribution in [0.1, 0.15) is 37.5 Å². The molecular formula is C24H34IN3O2. The lowest BCUT2D eigenvalue weighted by Crippen LogP contribution is -2.38. The number of ether oxygens (including phenoxy) is 2. The van der Waals surface area contributed by atoms with E-state index >= 15 is 0 Å². The summed E-state index contributed by atoms with van der Waals surface area (Å²) in [5.41, 5.74) is 2.48. The highest BCUT2D eigenvalue weighted by Gasteiger charge is 2.29. The highest BCUT2D eigenvalue weighted by Crippen LogP contribution is 2.34. The number of nitrogens with zero attached hydrogens (tertiary/aromatic N) is 2. The average Bonchev–Trinajstić information content (AvgIpc) is 3.22. The molecule has 0 bridgehead atoms. The Morgan fingerprint density at radius 1 is 1.13 bits per heavy atom. The Balaban J connectivity index is 0.00000320. The van der Waals surface area contributed by atoms with Gasteiger partial charge < -0.3 is 19.7 Å². The molecule has 30 heavy (non-hydrogen) atoms. The molecule has 0 amide bonds. The lowest BCUT2D eigenvalue weighted by molar-refractivity contribution is 0.0925. The first-order valence-electron chi connectivity index (χ1n) is 10.6. The van der Waals surface area contributed by atoms with E-state index in [1.807, 2.05) is 25.1 Å². The van der Waals surface area contributed by atoms with Gasteiger partial charge in [-0.25, -0.2) is 0 Å². The molecule has 0 spiro atoms. The van der Waals surface area contributed by atoms with Crippen molar-refractivity contribution in [2.45, 2.75) is 32.9 Å². The molecule has 0 aromatic heterocycles. The van der Waals surface area contributed by atoms with Crippen molar-refractivity contribution in [2.24, 2.45) is 10.9 Å². The number of halogens is 1. The van der Waals surface area contributed by atoms with Crippen molar-refractivity contribution in [3.05, 3.63) is 65.7 Å². The average molecular weight is 523 g/mol. The maximum atomic E-state index is 6.02. The van der Waals surface area contributed by atoms with Crippen LogP contribution in [0.25, 0.3) is 0 Å². The molecule has 1 saturated heterocycles. The van der Waals surface area contributed by atoms with Crippen LogP contribution in [0.15, 0.2) is 59.6 Å². The zero-order valence-corrected chi connectivity index (χ0v) is 20.5. The van der Waals surface area contributed by atoms with Crippen molar-refractivity contribution in [1.29, 1.82) is 0 Å². The van der Waals surface area contributed by atoms with Crippen LogP contribution in [0.4, 0.5) is 0 Å². The molecule has 2 atom stereocenters. The third-order valence-corrected chi connectivity index (χ3v) is 5.17. The lowest BCUT2D eigenvalue weighted by atomic mass is 9.95. The molecule has 164 valence electrons. The molecule has 1 heterocycles. The third kappa shape index (κ3) is 6.87. The predicted octanol–water partition coefficient (Wildman–Crippen LogP) is 4.88. The van der Waals surface area contributed by atoms with Crippen LogP contribution in [-0.2, 0) is 11.3 Å². The van der Waals surface area contributed by atoms with E-state index in [0.717, 1.165) is 44.4 Å². The van der Waals surface area contributed by atoms with Gasteiger partial charge >= 0.3 is 0 Å². The summed E-state index contributed by atoms with van der Waals surface area (Å²) >= 11 is 0. The van der Waals surface area contributed by atoms with Crippen LogP contribution in [0.2, 0.25) is 0 Å². The van der Waals surface area contributed by atoms with Gasteiger partial charge in [0.05, 0.1) is 12.7 Å². The zero-order chi connectivity index (χ0) is 20.5. The third-order valence-electron chi connectivity index (χ3n) is 5.17. The van der Waals surface area contributed by atoms with Gasteiger partial charge in [0.15, 0.2) is 5.96 Å². The number of hydrogen-bond acceptors (Lipinski definition) is 3. The van der Waals surface area contributed by atoms with E-state index < -0.39 is 0 Å². The summed E-state index contributed by atoms with van der Waals surface area (Å²) in [4.78, 5) is 7.11. The second-order valence-electron chi connectivity index (χ2n) is 7.38. The van der Waals surface area contributed by atoms with Gasteiger partial charge in [-0.05, 0) is 43.5 Å². The summed E-state index contributed by atoms with van der Waals surface area (Å²) in [5.74, 6) is 2.25. The van der Waals surface area contributed by atoms with Crippen LogP contribution < -0.4 is 10.1 Å². The molecule has 1 aliphatic rings. The Labute approximate surface area is 197 Å². The molecule has 0 radical (unpaired) electrons. The van der Waals surface area contributed by atoms with Gasteiger partial charge in [0.2, 0.25) is 0 Å². The Kier molecular flexibility index (Phi) is 10.4. The molecular weight excluding hydrogens is 489 g/mol. The van der Waals surface area contributed by atoms with Gasteiger partial charge in [0.25, 0.3) is 0 Å². The topological polar surface area (TPSA) is 46.1 Å². The summed E-state index contributed by atoms with van der Waals surface area (Å²) in [6.07, 6.45) is 1.18. The Morgan fingerprint density at radius 3 is 2.53 bits per heavy atom. The quantitative estimate of drug-likeness (QED) is 0.305. The van der Waals surface area contributed by atoms with Crippen molar-refractivity contribution in [3.8, 4) is 5.75 Å². The Bertz CT molecular complexity index is 768. The van der Waals surface area contributed by atoms with Crippen molar-refractivity contribution in [3.63, 3.8) is 0 Å². The van der Waals surface area contributed by atoms with Gasteiger partial charge in [-0.2, -0.15) is 0 Å². The monoisotopic (exact) mass is 523 g/mol. The predicted molar refractivity (Wildman–Crippen MR) is 134 cm³/mol. The first kappa shape index (κ1) is 24.5. The van der Waals surface area contributed by atoms with Crippen molar-refractivity contribution in [2.75, 3.05) is 33.4 Å². The minimum atomic E-state index is 0. The van der Waals surface area contributed by atoms with Crippen LogP contribution in [-0.4, -0.2) is 44.2 Å². The van der Waals surface area contributed by atoms with Gasteiger partial charge in [-0.3, -0.25) is 4.99 Å². The highest BCUT2D eigenvalue weighted by atomic mass is 127. The molecule has 6 heteroatoms. The molecule has 1 N–H and O–H groups in total. The zero-order valence-electron chi connectivity index (χ0n) is 18.2. The van der Waals surface area contributed by atoms with Crippen molar-refractivity contribution < 1.29 is 9.47 Å². The van der Waals surface area contributed by atoms with E-state index in [9.17, 15) is 0 Å².